The van der Waals surface area contributed by atoms with Crippen molar-refractivity contribution in [1.29, 1.82) is 0 Å². The van der Waals surface area contributed by atoms with Crippen LogP contribution in [0.3, 0.4) is 0 Å². The largest absolute Gasteiger partial charge is 0.381 e. The molecule has 0 atom stereocenters. The minimum absolute atomic E-state index is 0.246. The van der Waals surface area contributed by atoms with Crippen LogP contribution >= 0.6 is 0 Å². The van der Waals surface area contributed by atoms with E-state index in [1.807, 2.05) is 6.92 Å². The monoisotopic (exact) mass is 256 g/mol. The minimum Gasteiger partial charge on any atom is -0.381 e. The van der Waals surface area contributed by atoms with Crippen LogP contribution in [0.4, 0.5) is 15.8 Å². The molecule has 1 aromatic rings. The lowest BCUT2D eigenvalue weighted by atomic mass is 10.2. The van der Waals surface area contributed by atoms with Crippen molar-refractivity contribution in [3.05, 3.63) is 34.1 Å². The summed E-state index contributed by atoms with van der Waals surface area (Å²) in [5.41, 5.74) is 0.0846. The molecule has 0 fully saturated rings. The van der Waals surface area contributed by atoms with E-state index in [0.717, 1.165) is 25.5 Å². The Morgan fingerprint density at radius 1 is 1.44 bits per heavy atom. The molecule has 0 spiro atoms. The van der Waals surface area contributed by atoms with Gasteiger partial charge in [0.2, 0.25) is 0 Å². The molecule has 0 aliphatic carbocycles. The maximum Gasteiger partial charge on any atom is 0.295 e. The van der Waals surface area contributed by atoms with Crippen LogP contribution in [0.2, 0.25) is 0 Å². The number of nitrogens with zero attached hydrogens (tertiary/aromatic N) is 1. The highest BCUT2D eigenvalue weighted by molar-refractivity contribution is 5.61. The molecule has 1 N–H and O–H groups in total. The van der Waals surface area contributed by atoms with Gasteiger partial charge in [-0.15, -0.1) is 0 Å². The van der Waals surface area contributed by atoms with Crippen LogP contribution in [0, 0.1) is 15.9 Å². The molecule has 18 heavy (non-hydrogen) atoms. The lowest BCUT2D eigenvalue weighted by Crippen LogP contribution is -2.07. The van der Waals surface area contributed by atoms with Crippen molar-refractivity contribution >= 4 is 11.4 Å². The molecule has 0 unspecified atom stereocenters. The van der Waals surface area contributed by atoms with E-state index in [1.54, 1.807) is 0 Å². The molecular weight excluding hydrogens is 239 g/mol. The van der Waals surface area contributed by atoms with Crippen LogP contribution in [0.25, 0.3) is 0 Å². The third-order valence-corrected chi connectivity index (χ3v) is 2.29. The Morgan fingerprint density at radius 2 is 2.22 bits per heavy atom. The van der Waals surface area contributed by atoms with Crippen molar-refractivity contribution in [3.8, 4) is 0 Å². The molecule has 0 aliphatic heterocycles. The summed E-state index contributed by atoms with van der Waals surface area (Å²) in [7, 11) is 0. The molecule has 0 bridgehead atoms. The summed E-state index contributed by atoms with van der Waals surface area (Å²) in [5.74, 6) is -0.612. The van der Waals surface area contributed by atoms with Crippen molar-refractivity contribution in [1.82, 2.24) is 0 Å². The Balaban J connectivity index is 2.44. The maximum atomic E-state index is 12.9. The van der Waals surface area contributed by atoms with Gasteiger partial charge in [0.25, 0.3) is 5.69 Å². The first-order chi connectivity index (χ1) is 8.65. The van der Waals surface area contributed by atoms with Crippen molar-refractivity contribution < 1.29 is 14.1 Å². The Labute approximate surface area is 105 Å². The highest BCUT2D eigenvalue weighted by Gasteiger charge is 2.13. The molecule has 5 nitrogen and oxygen atoms in total. The Bertz CT molecular complexity index is 399. The Morgan fingerprint density at radius 3 is 2.89 bits per heavy atom. The molecule has 100 valence electrons. The summed E-state index contributed by atoms with van der Waals surface area (Å²) in [4.78, 5) is 10.1. The quantitative estimate of drug-likeness (QED) is 0.441. The van der Waals surface area contributed by atoms with Crippen LogP contribution in [-0.4, -0.2) is 24.7 Å². The second-order valence-electron chi connectivity index (χ2n) is 3.81. The summed E-state index contributed by atoms with van der Waals surface area (Å²) in [6, 6.07) is 3.49. The summed E-state index contributed by atoms with van der Waals surface area (Å²) < 4.78 is 18.2. The zero-order valence-corrected chi connectivity index (χ0v) is 10.3. The van der Waals surface area contributed by atoms with E-state index in [0.29, 0.717) is 18.8 Å². The van der Waals surface area contributed by atoms with Crippen molar-refractivity contribution in [3.63, 3.8) is 0 Å². The topological polar surface area (TPSA) is 64.4 Å². The first-order valence-electron chi connectivity index (χ1n) is 5.90. The van der Waals surface area contributed by atoms with Gasteiger partial charge < -0.3 is 10.1 Å². The van der Waals surface area contributed by atoms with Gasteiger partial charge in [-0.3, -0.25) is 10.1 Å². The Hall–Kier alpha value is -1.69. The zero-order valence-electron chi connectivity index (χ0n) is 10.3. The highest BCUT2D eigenvalue weighted by Crippen LogP contribution is 2.24. The maximum absolute atomic E-state index is 12.9. The molecule has 0 heterocycles. The molecular formula is C12H17FN2O3. The van der Waals surface area contributed by atoms with Gasteiger partial charge in [-0.2, -0.15) is 0 Å². The lowest BCUT2D eigenvalue weighted by molar-refractivity contribution is -0.384. The number of nitro benzene ring substituents is 1. The van der Waals surface area contributed by atoms with E-state index in [1.165, 1.54) is 12.1 Å². The predicted molar refractivity (Wildman–Crippen MR) is 67.3 cm³/mol. The number of benzene rings is 1. The van der Waals surface area contributed by atoms with E-state index in [4.69, 9.17) is 4.74 Å². The number of rotatable bonds is 8. The molecule has 1 aromatic carbocycles. The lowest BCUT2D eigenvalue weighted by Gasteiger charge is -2.07. The molecule has 0 amide bonds. The van der Waals surface area contributed by atoms with Crippen LogP contribution in [-0.2, 0) is 4.74 Å². The smallest absolute Gasteiger partial charge is 0.295 e. The standard InChI is InChI=1S/C12H17FN2O3/c1-2-7-18-8-3-6-14-11-5-4-10(13)9-12(11)15(16)17/h4-5,9,14H,2-3,6-8H2,1H3. The second kappa shape index (κ2) is 7.60. The van der Waals surface area contributed by atoms with Crippen LogP contribution in [0.1, 0.15) is 19.8 Å². The zero-order chi connectivity index (χ0) is 13.4. The van der Waals surface area contributed by atoms with Gasteiger partial charge in [-0.25, -0.2) is 4.39 Å². The predicted octanol–water partition coefficient (Wildman–Crippen LogP) is 2.96. The van der Waals surface area contributed by atoms with Crippen LogP contribution in [0.5, 0.6) is 0 Å². The average Bonchev–Trinajstić information content (AvgIpc) is 2.35. The van der Waals surface area contributed by atoms with E-state index in [-0.39, 0.29) is 5.69 Å². The van der Waals surface area contributed by atoms with Gasteiger partial charge >= 0.3 is 0 Å². The first-order valence-corrected chi connectivity index (χ1v) is 5.90. The molecule has 1 rings (SSSR count). The van der Waals surface area contributed by atoms with Gasteiger partial charge in [-0.1, -0.05) is 6.92 Å². The number of hydrogen-bond donors (Lipinski definition) is 1. The summed E-state index contributed by atoms with van der Waals surface area (Å²) in [5, 5.41) is 13.6. The first kappa shape index (κ1) is 14.4. The molecule has 0 aliphatic rings. The number of nitrogens with one attached hydrogen (secondary N) is 1. The molecule has 6 heteroatoms. The summed E-state index contributed by atoms with van der Waals surface area (Å²) >= 11 is 0. The minimum atomic E-state index is -0.612. The second-order valence-corrected chi connectivity index (χ2v) is 3.81. The van der Waals surface area contributed by atoms with Crippen LogP contribution in [0.15, 0.2) is 18.2 Å². The van der Waals surface area contributed by atoms with Gasteiger partial charge in [0.15, 0.2) is 0 Å². The SMILES string of the molecule is CCCOCCCNc1ccc(F)cc1[N+](=O)[O-]. The number of halogens is 1. The van der Waals surface area contributed by atoms with Crippen molar-refractivity contribution in [2.45, 2.75) is 19.8 Å². The van der Waals surface area contributed by atoms with E-state index < -0.39 is 10.7 Å². The molecule has 0 aromatic heterocycles. The summed E-state index contributed by atoms with van der Waals surface area (Å²) in [6.45, 7) is 3.91. The average molecular weight is 256 g/mol. The van der Waals surface area contributed by atoms with E-state index in [9.17, 15) is 14.5 Å². The van der Waals surface area contributed by atoms with Crippen molar-refractivity contribution in [2.75, 3.05) is 25.1 Å². The number of ether oxygens (including phenoxy) is 1. The fraction of sp³-hybridized carbons (Fsp3) is 0.500. The molecule has 0 radical (unpaired) electrons. The summed E-state index contributed by atoms with van der Waals surface area (Å²) in [6.07, 6.45) is 1.71. The van der Waals surface area contributed by atoms with Gasteiger partial charge in [-0.05, 0) is 25.0 Å². The number of nitro groups is 1. The van der Waals surface area contributed by atoms with Gasteiger partial charge in [0, 0.05) is 19.8 Å². The number of hydrogen-bond acceptors (Lipinski definition) is 4. The fourth-order valence-corrected chi connectivity index (χ4v) is 1.45. The van der Waals surface area contributed by atoms with E-state index in [2.05, 4.69) is 5.32 Å². The van der Waals surface area contributed by atoms with Gasteiger partial charge in [0.05, 0.1) is 11.0 Å². The number of anilines is 1. The Kier molecular flexibility index (Phi) is 6.07. The van der Waals surface area contributed by atoms with E-state index >= 15 is 0 Å². The molecule has 0 saturated heterocycles. The highest BCUT2D eigenvalue weighted by atomic mass is 19.1. The van der Waals surface area contributed by atoms with Crippen LogP contribution < -0.4 is 5.32 Å². The van der Waals surface area contributed by atoms with Gasteiger partial charge in [0.1, 0.15) is 11.5 Å². The van der Waals surface area contributed by atoms with Crippen molar-refractivity contribution in [2.24, 2.45) is 0 Å². The third-order valence-electron chi connectivity index (χ3n) is 2.29. The fourth-order valence-electron chi connectivity index (χ4n) is 1.45. The normalized spacial score (nSPS) is 10.3. The third kappa shape index (κ3) is 4.67. The molecule has 0 saturated carbocycles.